The monoisotopic (exact) mass is 297 g/mol. The molecule has 1 aromatic rings. The number of nitrogens with two attached hydrogens (primary N) is 1. The lowest BCUT2D eigenvalue weighted by Crippen LogP contribution is -2.52. The van der Waals surface area contributed by atoms with E-state index in [2.05, 4.69) is 16.8 Å². The molecule has 20 heavy (non-hydrogen) atoms. The zero-order chi connectivity index (χ0) is 14.8. The van der Waals surface area contributed by atoms with Crippen molar-refractivity contribution in [3.05, 3.63) is 30.1 Å². The summed E-state index contributed by atoms with van der Waals surface area (Å²) in [6.07, 6.45) is 4.37. The van der Waals surface area contributed by atoms with Gasteiger partial charge >= 0.3 is 0 Å². The molecule has 1 aliphatic heterocycles. The Morgan fingerprint density at radius 2 is 2.10 bits per heavy atom. The number of nitrogens with zero attached hydrogens (tertiary/aromatic N) is 2. The minimum atomic E-state index is -2.91. The van der Waals surface area contributed by atoms with Crippen LogP contribution in [0.25, 0.3) is 0 Å². The van der Waals surface area contributed by atoms with Gasteiger partial charge in [-0.25, -0.2) is 8.42 Å². The van der Waals surface area contributed by atoms with E-state index in [-0.39, 0.29) is 29.6 Å². The second-order valence-corrected chi connectivity index (χ2v) is 7.73. The molecule has 1 saturated heterocycles. The molecule has 0 spiro atoms. The molecular weight excluding hydrogens is 274 g/mol. The fraction of sp³-hybridized carbons (Fsp3) is 0.643. The molecule has 0 bridgehead atoms. The van der Waals surface area contributed by atoms with Gasteiger partial charge in [0.15, 0.2) is 9.84 Å². The van der Waals surface area contributed by atoms with Gasteiger partial charge in [-0.3, -0.25) is 9.88 Å². The van der Waals surface area contributed by atoms with Crippen molar-refractivity contribution in [2.24, 2.45) is 5.73 Å². The maximum absolute atomic E-state index is 11.7. The number of rotatable bonds is 4. The van der Waals surface area contributed by atoms with Crippen LogP contribution in [0.2, 0.25) is 0 Å². The van der Waals surface area contributed by atoms with Gasteiger partial charge in [0.1, 0.15) is 0 Å². The molecule has 2 heterocycles. The Morgan fingerprint density at radius 3 is 2.65 bits per heavy atom. The van der Waals surface area contributed by atoms with Crippen molar-refractivity contribution in [2.45, 2.75) is 38.4 Å². The molecule has 0 amide bonds. The van der Waals surface area contributed by atoms with Gasteiger partial charge in [0, 0.05) is 31.0 Å². The molecule has 1 aromatic heterocycles. The quantitative estimate of drug-likeness (QED) is 0.896. The third-order valence-corrected chi connectivity index (χ3v) is 5.80. The number of pyridine rings is 1. The summed E-state index contributed by atoms with van der Waals surface area (Å²) in [5.41, 5.74) is 7.41. The molecule has 1 fully saturated rings. The summed E-state index contributed by atoms with van der Waals surface area (Å²) in [4.78, 5) is 6.27. The van der Waals surface area contributed by atoms with Crippen LogP contribution in [0.4, 0.5) is 0 Å². The zero-order valence-corrected chi connectivity index (χ0v) is 12.9. The van der Waals surface area contributed by atoms with E-state index in [0.717, 1.165) is 12.0 Å². The molecular formula is C14H23N3O2S. The third-order valence-electron chi connectivity index (χ3n) is 4.00. The molecule has 0 aromatic carbocycles. The molecule has 2 N–H and O–H groups in total. The van der Waals surface area contributed by atoms with E-state index in [1.54, 1.807) is 12.4 Å². The Kier molecular flexibility index (Phi) is 4.78. The largest absolute Gasteiger partial charge is 0.326 e. The van der Waals surface area contributed by atoms with Gasteiger partial charge in [-0.05, 0) is 31.0 Å². The highest BCUT2D eigenvalue weighted by molar-refractivity contribution is 7.91. The van der Waals surface area contributed by atoms with E-state index in [4.69, 9.17) is 5.73 Å². The number of sulfone groups is 1. The highest BCUT2D eigenvalue weighted by Gasteiger charge is 2.35. The van der Waals surface area contributed by atoms with E-state index < -0.39 is 9.84 Å². The lowest BCUT2D eigenvalue weighted by Gasteiger charge is -2.42. The summed E-state index contributed by atoms with van der Waals surface area (Å²) in [6.45, 7) is 4.57. The SMILES string of the molecule is CCC(N)C(c1ccncc1)N1CCS(=O)(=O)CC1C. The number of hydrogen-bond acceptors (Lipinski definition) is 5. The molecule has 112 valence electrons. The van der Waals surface area contributed by atoms with Gasteiger partial charge in [-0.2, -0.15) is 0 Å². The molecule has 2 rings (SSSR count). The van der Waals surface area contributed by atoms with Crippen LogP contribution in [-0.2, 0) is 9.84 Å². The van der Waals surface area contributed by atoms with Crippen LogP contribution in [-0.4, -0.2) is 48.4 Å². The van der Waals surface area contributed by atoms with Crippen LogP contribution < -0.4 is 5.73 Å². The summed E-state index contributed by atoms with van der Waals surface area (Å²) < 4.78 is 23.5. The van der Waals surface area contributed by atoms with Gasteiger partial charge in [-0.1, -0.05) is 6.92 Å². The van der Waals surface area contributed by atoms with E-state index in [0.29, 0.717) is 6.54 Å². The first-order chi connectivity index (χ1) is 9.44. The minimum Gasteiger partial charge on any atom is -0.326 e. The Hall–Kier alpha value is -0.980. The van der Waals surface area contributed by atoms with Crippen molar-refractivity contribution in [2.75, 3.05) is 18.1 Å². The van der Waals surface area contributed by atoms with Crippen LogP contribution in [0, 0.1) is 0 Å². The molecule has 5 nitrogen and oxygen atoms in total. The lowest BCUT2D eigenvalue weighted by molar-refractivity contribution is 0.134. The van der Waals surface area contributed by atoms with Crippen LogP contribution in [0.15, 0.2) is 24.5 Å². The predicted octanol–water partition coefficient (Wildman–Crippen LogP) is 0.979. The van der Waals surface area contributed by atoms with Crippen molar-refractivity contribution >= 4 is 9.84 Å². The average Bonchev–Trinajstić information content (AvgIpc) is 2.42. The first-order valence-electron chi connectivity index (χ1n) is 7.06. The van der Waals surface area contributed by atoms with E-state index in [1.165, 1.54) is 0 Å². The fourth-order valence-electron chi connectivity index (χ4n) is 2.89. The Labute approximate surface area is 121 Å². The van der Waals surface area contributed by atoms with Gasteiger partial charge in [0.2, 0.25) is 0 Å². The first kappa shape index (κ1) is 15.4. The van der Waals surface area contributed by atoms with Gasteiger partial charge in [0.05, 0.1) is 17.5 Å². The van der Waals surface area contributed by atoms with Crippen LogP contribution in [0.3, 0.4) is 0 Å². The summed E-state index contributed by atoms with van der Waals surface area (Å²) in [5.74, 6) is 0.431. The molecule has 3 atom stereocenters. The van der Waals surface area contributed by atoms with Crippen molar-refractivity contribution in [3.8, 4) is 0 Å². The van der Waals surface area contributed by atoms with Crippen LogP contribution in [0.5, 0.6) is 0 Å². The van der Waals surface area contributed by atoms with E-state index in [1.807, 2.05) is 19.1 Å². The molecule has 1 aliphatic rings. The Balaban J connectivity index is 2.29. The normalized spacial score (nSPS) is 26.1. The number of aromatic nitrogens is 1. The second kappa shape index (κ2) is 6.20. The molecule has 3 unspecified atom stereocenters. The summed E-state index contributed by atoms with van der Waals surface area (Å²) in [5, 5.41) is 0. The molecule has 0 aliphatic carbocycles. The van der Waals surface area contributed by atoms with E-state index in [9.17, 15) is 8.42 Å². The topological polar surface area (TPSA) is 76.3 Å². The molecule has 0 radical (unpaired) electrons. The van der Waals surface area contributed by atoms with Crippen LogP contribution >= 0.6 is 0 Å². The summed E-state index contributed by atoms with van der Waals surface area (Å²) in [6, 6.07) is 3.96. The maximum Gasteiger partial charge on any atom is 0.153 e. The van der Waals surface area contributed by atoms with Gasteiger partial charge < -0.3 is 5.73 Å². The lowest BCUT2D eigenvalue weighted by atomic mass is 9.96. The van der Waals surface area contributed by atoms with Crippen LogP contribution in [0.1, 0.15) is 31.9 Å². The Bertz CT molecular complexity index is 533. The molecule has 6 heteroatoms. The van der Waals surface area contributed by atoms with Crippen molar-refractivity contribution < 1.29 is 8.42 Å². The van der Waals surface area contributed by atoms with Gasteiger partial charge in [0.25, 0.3) is 0 Å². The standard InChI is InChI=1S/C14H23N3O2S/c1-3-13(15)14(12-4-6-16-7-5-12)17-8-9-20(18,19)10-11(17)2/h4-7,11,13-14H,3,8-10,15H2,1-2H3. The van der Waals surface area contributed by atoms with E-state index >= 15 is 0 Å². The maximum atomic E-state index is 11.7. The Morgan fingerprint density at radius 1 is 1.45 bits per heavy atom. The minimum absolute atomic E-state index is 0.00971. The smallest absolute Gasteiger partial charge is 0.153 e. The van der Waals surface area contributed by atoms with Crippen molar-refractivity contribution in [1.82, 2.24) is 9.88 Å². The fourth-order valence-corrected chi connectivity index (χ4v) is 4.48. The highest BCUT2D eigenvalue weighted by atomic mass is 32.2. The third kappa shape index (κ3) is 3.37. The van der Waals surface area contributed by atoms with Crippen molar-refractivity contribution in [3.63, 3.8) is 0 Å². The first-order valence-corrected chi connectivity index (χ1v) is 8.88. The number of hydrogen-bond donors (Lipinski definition) is 1. The summed E-state index contributed by atoms with van der Waals surface area (Å²) >= 11 is 0. The van der Waals surface area contributed by atoms with Gasteiger partial charge in [-0.15, -0.1) is 0 Å². The highest BCUT2D eigenvalue weighted by Crippen LogP contribution is 2.29. The second-order valence-electron chi connectivity index (χ2n) is 5.50. The predicted molar refractivity (Wildman–Crippen MR) is 80.1 cm³/mol. The average molecular weight is 297 g/mol. The summed E-state index contributed by atoms with van der Waals surface area (Å²) in [7, 11) is -2.91. The van der Waals surface area contributed by atoms with Crippen molar-refractivity contribution in [1.29, 1.82) is 0 Å². The zero-order valence-electron chi connectivity index (χ0n) is 12.1. The molecule has 0 saturated carbocycles.